The fraction of sp³-hybridized carbons (Fsp3) is 0.231. The van der Waals surface area contributed by atoms with Crippen molar-refractivity contribution in [1.82, 2.24) is 9.97 Å². The lowest BCUT2D eigenvalue weighted by Crippen LogP contribution is -2.01. The van der Waals surface area contributed by atoms with Crippen LogP contribution in [0.4, 0.5) is 5.69 Å². The maximum absolute atomic E-state index is 4.16. The maximum Gasteiger partial charge on any atom is 0.115 e. The first-order valence-electron chi connectivity index (χ1n) is 5.46. The van der Waals surface area contributed by atoms with E-state index in [1.807, 2.05) is 6.07 Å². The van der Waals surface area contributed by atoms with Gasteiger partial charge in [0.25, 0.3) is 0 Å². The molecular formula is C13H15N3. The Bertz CT molecular complexity index is 440. The van der Waals surface area contributed by atoms with Gasteiger partial charge in [-0.1, -0.05) is 19.1 Å². The maximum atomic E-state index is 4.16. The molecule has 0 saturated heterocycles. The highest BCUT2D eigenvalue weighted by Gasteiger charge is 1.95. The van der Waals surface area contributed by atoms with E-state index in [4.69, 9.17) is 0 Å². The van der Waals surface area contributed by atoms with E-state index in [-0.39, 0.29) is 0 Å². The number of aromatic nitrogens is 2. The Morgan fingerprint density at radius 2 is 2.19 bits per heavy atom. The molecule has 0 fully saturated rings. The fourth-order valence-corrected chi connectivity index (χ4v) is 1.52. The first-order valence-corrected chi connectivity index (χ1v) is 5.46. The highest BCUT2D eigenvalue weighted by atomic mass is 14.9. The van der Waals surface area contributed by atoms with Crippen LogP contribution in [0.15, 0.2) is 42.9 Å². The van der Waals surface area contributed by atoms with E-state index in [2.05, 4.69) is 46.5 Å². The summed E-state index contributed by atoms with van der Waals surface area (Å²) in [4.78, 5) is 8.05. The Hall–Kier alpha value is -1.90. The standard InChI is InChI=1S/C13H15N3/c1-2-11-4-3-5-12(8-11)15-9-13-6-7-14-10-16-13/h3-8,10,15H,2,9H2,1H3. The van der Waals surface area contributed by atoms with Gasteiger partial charge in [0.2, 0.25) is 0 Å². The van der Waals surface area contributed by atoms with Crippen LogP contribution < -0.4 is 5.32 Å². The zero-order chi connectivity index (χ0) is 11.2. The van der Waals surface area contributed by atoms with Crippen molar-refractivity contribution in [2.45, 2.75) is 19.9 Å². The van der Waals surface area contributed by atoms with Crippen LogP contribution >= 0.6 is 0 Å². The molecule has 0 amide bonds. The van der Waals surface area contributed by atoms with Gasteiger partial charge >= 0.3 is 0 Å². The number of hydrogen-bond donors (Lipinski definition) is 1. The molecule has 0 spiro atoms. The van der Waals surface area contributed by atoms with E-state index in [1.165, 1.54) is 5.56 Å². The van der Waals surface area contributed by atoms with E-state index in [9.17, 15) is 0 Å². The third-order valence-electron chi connectivity index (χ3n) is 2.45. The molecule has 0 aliphatic rings. The molecule has 1 aromatic heterocycles. The first kappa shape index (κ1) is 10.6. The second-order valence-electron chi connectivity index (χ2n) is 3.61. The van der Waals surface area contributed by atoms with E-state index in [0.717, 1.165) is 24.3 Å². The monoisotopic (exact) mass is 213 g/mol. The molecule has 1 heterocycles. The van der Waals surface area contributed by atoms with Crippen molar-refractivity contribution in [2.75, 3.05) is 5.32 Å². The van der Waals surface area contributed by atoms with Gasteiger partial charge in [0.05, 0.1) is 12.2 Å². The van der Waals surface area contributed by atoms with Crippen LogP contribution in [0.1, 0.15) is 18.2 Å². The quantitative estimate of drug-likeness (QED) is 0.848. The minimum absolute atomic E-state index is 0.732. The molecule has 0 aliphatic carbocycles. The third-order valence-corrected chi connectivity index (χ3v) is 2.45. The van der Waals surface area contributed by atoms with E-state index in [1.54, 1.807) is 12.5 Å². The number of nitrogens with zero attached hydrogens (tertiary/aromatic N) is 2. The van der Waals surface area contributed by atoms with Crippen LogP contribution in [-0.4, -0.2) is 9.97 Å². The molecule has 0 saturated carbocycles. The molecule has 3 heteroatoms. The zero-order valence-corrected chi connectivity index (χ0v) is 9.35. The predicted molar refractivity (Wildman–Crippen MR) is 65.2 cm³/mol. The van der Waals surface area contributed by atoms with Crippen LogP contribution in [-0.2, 0) is 13.0 Å². The molecular weight excluding hydrogens is 198 g/mol. The highest BCUT2D eigenvalue weighted by molar-refractivity contribution is 5.45. The average Bonchev–Trinajstić information content (AvgIpc) is 2.38. The molecule has 3 nitrogen and oxygen atoms in total. The number of aryl methyl sites for hydroxylation is 1. The number of rotatable bonds is 4. The van der Waals surface area contributed by atoms with Crippen LogP contribution in [0, 0.1) is 0 Å². The van der Waals surface area contributed by atoms with E-state index in [0.29, 0.717) is 0 Å². The van der Waals surface area contributed by atoms with Crippen molar-refractivity contribution < 1.29 is 0 Å². The molecule has 2 aromatic rings. The van der Waals surface area contributed by atoms with Gasteiger partial charge in [-0.25, -0.2) is 9.97 Å². The van der Waals surface area contributed by atoms with Crippen molar-refractivity contribution in [3.8, 4) is 0 Å². The summed E-state index contributed by atoms with van der Waals surface area (Å²) < 4.78 is 0. The molecule has 82 valence electrons. The molecule has 16 heavy (non-hydrogen) atoms. The van der Waals surface area contributed by atoms with Gasteiger partial charge in [-0.3, -0.25) is 0 Å². The minimum atomic E-state index is 0.732. The van der Waals surface area contributed by atoms with Crippen molar-refractivity contribution in [3.05, 3.63) is 54.1 Å². The fourth-order valence-electron chi connectivity index (χ4n) is 1.52. The third kappa shape index (κ3) is 2.79. The minimum Gasteiger partial charge on any atom is -0.379 e. The second kappa shape index (κ2) is 5.26. The first-order chi connectivity index (χ1) is 7.88. The number of nitrogens with one attached hydrogen (secondary N) is 1. The van der Waals surface area contributed by atoms with Crippen LogP contribution in [0.3, 0.4) is 0 Å². The van der Waals surface area contributed by atoms with E-state index >= 15 is 0 Å². The molecule has 0 aliphatic heterocycles. The lowest BCUT2D eigenvalue weighted by atomic mass is 10.1. The Kier molecular flexibility index (Phi) is 3.49. The predicted octanol–water partition coefficient (Wildman–Crippen LogP) is 2.65. The van der Waals surface area contributed by atoms with Crippen molar-refractivity contribution in [3.63, 3.8) is 0 Å². The van der Waals surface area contributed by atoms with Crippen LogP contribution in [0.25, 0.3) is 0 Å². The molecule has 1 aromatic carbocycles. The lowest BCUT2D eigenvalue weighted by Gasteiger charge is -2.06. The molecule has 0 radical (unpaired) electrons. The topological polar surface area (TPSA) is 37.8 Å². The van der Waals surface area contributed by atoms with Crippen molar-refractivity contribution in [2.24, 2.45) is 0 Å². The van der Waals surface area contributed by atoms with Crippen LogP contribution in [0.5, 0.6) is 0 Å². The summed E-state index contributed by atoms with van der Waals surface area (Å²) in [6.45, 7) is 2.89. The highest BCUT2D eigenvalue weighted by Crippen LogP contribution is 2.11. The van der Waals surface area contributed by atoms with Gasteiger partial charge in [0.15, 0.2) is 0 Å². The smallest absolute Gasteiger partial charge is 0.115 e. The van der Waals surface area contributed by atoms with Gasteiger partial charge in [-0.05, 0) is 30.2 Å². The SMILES string of the molecule is CCc1cccc(NCc2ccncn2)c1. The molecule has 0 unspecified atom stereocenters. The summed E-state index contributed by atoms with van der Waals surface area (Å²) in [6, 6.07) is 10.4. The Balaban J connectivity index is 1.99. The number of hydrogen-bond acceptors (Lipinski definition) is 3. The molecule has 2 rings (SSSR count). The molecule has 0 atom stereocenters. The summed E-state index contributed by atoms with van der Waals surface area (Å²) in [5, 5.41) is 3.35. The second-order valence-corrected chi connectivity index (χ2v) is 3.61. The van der Waals surface area contributed by atoms with Gasteiger partial charge in [-0.2, -0.15) is 0 Å². The Morgan fingerprint density at radius 3 is 2.94 bits per heavy atom. The van der Waals surface area contributed by atoms with Gasteiger partial charge in [0.1, 0.15) is 6.33 Å². The Morgan fingerprint density at radius 1 is 1.25 bits per heavy atom. The van der Waals surface area contributed by atoms with Crippen LogP contribution in [0.2, 0.25) is 0 Å². The lowest BCUT2D eigenvalue weighted by molar-refractivity contribution is 1.00. The van der Waals surface area contributed by atoms with Crippen molar-refractivity contribution >= 4 is 5.69 Å². The summed E-state index contributed by atoms with van der Waals surface area (Å²) >= 11 is 0. The van der Waals surface area contributed by atoms with E-state index < -0.39 is 0 Å². The summed E-state index contributed by atoms with van der Waals surface area (Å²) in [5.41, 5.74) is 3.47. The normalized spacial score (nSPS) is 10.1. The number of benzene rings is 1. The van der Waals surface area contributed by atoms with Gasteiger partial charge < -0.3 is 5.32 Å². The summed E-state index contributed by atoms with van der Waals surface area (Å²) in [6.07, 6.45) is 4.38. The molecule has 0 bridgehead atoms. The summed E-state index contributed by atoms with van der Waals surface area (Å²) in [7, 11) is 0. The summed E-state index contributed by atoms with van der Waals surface area (Å²) in [5.74, 6) is 0. The Labute approximate surface area is 95.6 Å². The van der Waals surface area contributed by atoms with Gasteiger partial charge in [0, 0.05) is 11.9 Å². The van der Waals surface area contributed by atoms with Crippen molar-refractivity contribution in [1.29, 1.82) is 0 Å². The zero-order valence-electron chi connectivity index (χ0n) is 9.35. The number of anilines is 1. The van der Waals surface area contributed by atoms with Gasteiger partial charge in [-0.15, -0.1) is 0 Å². The average molecular weight is 213 g/mol. The largest absolute Gasteiger partial charge is 0.379 e. The molecule has 1 N–H and O–H groups in total.